The average molecular weight is 479 g/mol. The third kappa shape index (κ3) is 6.56. The lowest BCUT2D eigenvalue weighted by molar-refractivity contribution is -0.134. The van der Waals surface area contributed by atoms with E-state index in [1.54, 1.807) is 21.7 Å². The number of anilines is 1. The van der Waals surface area contributed by atoms with E-state index in [4.69, 9.17) is 5.10 Å². The lowest BCUT2D eigenvalue weighted by Gasteiger charge is -2.22. The smallest absolute Gasteiger partial charge is 0.245 e. The minimum Gasteiger partial charge on any atom is -0.333 e. The Bertz CT molecular complexity index is 1190. The molecule has 3 aromatic rings. The summed E-state index contributed by atoms with van der Waals surface area (Å²) in [6.45, 7) is 12.6. The molecule has 1 heterocycles. The quantitative estimate of drug-likeness (QED) is 0.475. The van der Waals surface area contributed by atoms with Crippen molar-refractivity contribution in [3.63, 3.8) is 0 Å². The number of benzene rings is 2. The van der Waals surface area contributed by atoms with Gasteiger partial charge in [0.2, 0.25) is 11.8 Å². The molecule has 0 radical (unpaired) electrons. The molecule has 0 aliphatic heterocycles. The predicted octanol–water partition coefficient (Wildman–Crippen LogP) is 5.35. The number of carbonyl (C=O) groups is 2. The standard InChI is InChI=1S/C28H35FN4O2/c1-7-15-32(27(35)16-21-11-13-22(29)14-12-21)18-26(34)30-25-17-24(28(4,5)6)31-33(25)23-10-8-9-19(2)20(23)3/h8-14,17H,7,15-16,18H2,1-6H3,(H,30,34). The number of hydrogen-bond donors (Lipinski definition) is 1. The van der Waals surface area contributed by atoms with Gasteiger partial charge in [0, 0.05) is 18.0 Å². The summed E-state index contributed by atoms with van der Waals surface area (Å²) in [7, 11) is 0. The monoisotopic (exact) mass is 478 g/mol. The van der Waals surface area contributed by atoms with E-state index in [1.165, 1.54) is 12.1 Å². The number of hydrogen-bond acceptors (Lipinski definition) is 3. The minimum atomic E-state index is -0.346. The summed E-state index contributed by atoms with van der Waals surface area (Å²) in [5.74, 6) is -0.248. The molecule has 0 atom stereocenters. The predicted molar refractivity (Wildman–Crippen MR) is 137 cm³/mol. The Morgan fingerprint density at radius 3 is 2.40 bits per heavy atom. The molecular formula is C28H35FN4O2. The highest BCUT2D eigenvalue weighted by molar-refractivity contribution is 5.94. The van der Waals surface area contributed by atoms with Crippen molar-refractivity contribution in [2.24, 2.45) is 0 Å². The molecule has 6 nitrogen and oxygen atoms in total. The topological polar surface area (TPSA) is 67.2 Å². The second-order valence-corrected chi connectivity index (χ2v) is 9.96. The number of aromatic nitrogens is 2. The van der Waals surface area contributed by atoms with Crippen LogP contribution in [0.4, 0.5) is 10.2 Å². The van der Waals surface area contributed by atoms with Crippen molar-refractivity contribution < 1.29 is 14.0 Å². The van der Waals surface area contributed by atoms with Crippen LogP contribution in [0.5, 0.6) is 0 Å². The highest BCUT2D eigenvalue weighted by atomic mass is 19.1. The molecule has 0 unspecified atom stereocenters. The average Bonchev–Trinajstić information content (AvgIpc) is 3.21. The first-order chi connectivity index (χ1) is 16.5. The van der Waals surface area contributed by atoms with Crippen molar-refractivity contribution in [3.05, 3.63) is 76.7 Å². The fourth-order valence-corrected chi connectivity index (χ4v) is 3.79. The van der Waals surface area contributed by atoms with Crippen LogP contribution >= 0.6 is 0 Å². The van der Waals surface area contributed by atoms with Crippen LogP contribution in [-0.2, 0) is 21.4 Å². The molecule has 7 heteroatoms. The number of carbonyl (C=O) groups excluding carboxylic acids is 2. The van der Waals surface area contributed by atoms with Crippen LogP contribution in [0, 0.1) is 19.7 Å². The second-order valence-electron chi connectivity index (χ2n) is 9.96. The Labute approximate surface area is 207 Å². The van der Waals surface area contributed by atoms with Gasteiger partial charge in [-0.15, -0.1) is 0 Å². The van der Waals surface area contributed by atoms with Crippen molar-refractivity contribution >= 4 is 17.6 Å². The van der Waals surface area contributed by atoms with E-state index in [2.05, 4.69) is 26.1 Å². The minimum absolute atomic E-state index is 0.0727. The van der Waals surface area contributed by atoms with Crippen molar-refractivity contribution in [2.45, 2.75) is 59.8 Å². The van der Waals surface area contributed by atoms with Crippen LogP contribution in [0.3, 0.4) is 0 Å². The zero-order valence-corrected chi connectivity index (χ0v) is 21.5. The van der Waals surface area contributed by atoms with E-state index in [-0.39, 0.29) is 36.0 Å². The van der Waals surface area contributed by atoms with Gasteiger partial charge in [0.1, 0.15) is 11.6 Å². The van der Waals surface area contributed by atoms with Crippen molar-refractivity contribution in [3.8, 4) is 5.69 Å². The fourth-order valence-electron chi connectivity index (χ4n) is 3.79. The van der Waals surface area contributed by atoms with Crippen LogP contribution in [0.1, 0.15) is 56.5 Å². The molecule has 0 bridgehead atoms. The van der Waals surface area contributed by atoms with E-state index >= 15 is 0 Å². The molecule has 0 saturated heterocycles. The van der Waals surface area contributed by atoms with E-state index in [1.807, 2.05) is 45.0 Å². The molecule has 1 N–H and O–H groups in total. The fraction of sp³-hybridized carbons (Fsp3) is 0.393. The van der Waals surface area contributed by atoms with E-state index in [0.29, 0.717) is 17.9 Å². The molecule has 3 rings (SSSR count). The summed E-state index contributed by atoms with van der Waals surface area (Å²) in [5, 5.41) is 7.79. The summed E-state index contributed by atoms with van der Waals surface area (Å²) < 4.78 is 15.0. The van der Waals surface area contributed by atoms with Gasteiger partial charge in [-0.3, -0.25) is 9.59 Å². The molecule has 2 aromatic carbocycles. The molecule has 0 saturated carbocycles. The number of nitrogens with one attached hydrogen (secondary N) is 1. The Morgan fingerprint density at radius 2 is 1.77 bits per heavy atom. The first kappa shape index (κ1) is 26.1. The lowest BCUT2D eigenvalue weighted by Crippen LogP contribution is -2.39. The van der Waals surface area contributed by atoms with Crippen LogP contribution in [0.2, 0.25) is 0 Å². The van der Waals surface area contributed by atoms with E-state index in [9.17, 15) is 14.0 Å². The van der Waals surface area contributed by atoms with Crippen LogP contribution < -0.4 is 5.32 Å². The first-order valence-corrected chi connectivity index (χ1v) is 12.0. The highest BCUT2D eigenvalue weighted by Gasteiger charge is 2.23. The summed E-state index contributed by atoms with van der Waals surface area (Å²) in [6.07, 6.45) is 0.833. The molecular weight excluding hydrogens is 443 g/mol. The molecule has 2 amide bonds. The summed E-state index contributed by atoms with van der Waals surface area (Å²) in [4.78, 5) is 27.6. The number of aryl methyl sites for hydroxylation is 1. The highest BCUT2D eigenvalue weighted by Crippen LogP contribution is 2.28. The molecule has 1 aromatic heterocycles. The van der Waals surface area contributed by atoms with Crippen molar-refractivity contribution in [1.29, 1.82) is 0 Å². The SMILES string of the molecule is CCCN(CC(=O)Nc1cc(C(C)(C)C)nn1-c1cccc(C)c1C)C(=O)Cc1ccc(F)cc1. The third-order valence-corrected chi connectivity index (χ3v) is 6.00. The molecule has 0 aliphatic carbocycles. The van der Waals surface area contributed by atoms with Crippen LogP contribution in [-0.4, -0.2) is 39.6 Å². The van der Waals surface area contributed by atoms with E-state index < -0.39 is 0 Å². The third-order valence-electron chi connectivity index (χ3n) is 6.00. The van der Waals surface area contributed by atoms with Gasteiger partial charge in [0.05, 0.1) is 24.3 Å². The summed E-state index contributed by atoms with van der Waals surface area (Å²) in [5.41, 5.74) is 4.46. The zero-order valence-electron chi connectivity index (χ0n) is 21.5. The van der Waals surface area contributed by atoms with E-state index in [0.717, 1.165) is 28.9 Å². The largest absolute Gasteiger partial charge is 0.333 e. The summed E-state index contributed by atoms with van der Waals surface area (Å²) >= 11 is 0. The number of amides is 2. The van der Waals surface area contributed by atoms with Crippen molar-refractivity contribution in [2.75, 3.05) is 18.4 Å². The molecule has 0 spiro atoms. The maximum atomic E-state index is 13.2. The van der Waals surface area contributed by atoms with Crippen LogP contribution in [0.25, 0.3) is 5.69 Å². The van der Waals surface area contributed by atoms with Gasteiger partial charge in [-0.2, -0.15) is 5.10 Å². The van der Waals surface area contributed by atoms with Gasteiger partial charge in [-0.1, -0.05) is 52.0 Å². The first-order valence-electron chi connectivity index (χ1n) is 12.0. The van der Waals surface area contributed by atoms with Gasteiger partial charge in [0.15, 0.2) is 0 Å². The van der Waals surface area contributed by atoms with Gasteiger partial charge >= 0.3 is 0 Å². The Kier molecular flexibility index (Phi) is 8.10. The second kappa shape index (κ2) is 10.8. The molecule has 0 fully saturated rings. The number of halogens is 1. The Hall–Kier alpha value is -3.48. The Balaban J connectivity index is 1.83. The molecule has 0 aliphatic rings. The van der Waals surface area contributed by atoms with Crippen molar-refractivity contribution in [1.82, 2.24) is 14.7 Å². The normalized spacial score (nSPS) is 11.4. The maximum absolute atomic E-state index is 13.2. The summed E-state index contributed by atoms with van der Waals surface area (Å²) in [6, 6.07) is 13.7. The zero-order chi connectivity index (χ0) is 25.8. The van der Waals surface area contributed by atoms with Gasteiger partial charge in [0.25, 0.3) is 0 Å². The van der Waals surface area contributed by atoms with Gasteiger partial charge < -0.3 is 10.2 Å². The number of rotatable bonds is 8. The van der Waals surface area contributed by atoms with Crippen LogP contribution in [0.15, 0.2) is 48.5 Å². The maximum Gasteiger partial charge on any atom is 0.245 e. The molecule has 35 heavy (non-hydrogen) atoms. The number of nitrogens with zero attached hydrogens (tertiary/aromatic N) is 3. The Morgan fingerprint density at radius 1 is 1.09 bits per heavy atom. The lowest BCUT2D eigenvalue weighted by atomic mass is 9.92. The molecule has 186 valence electrons. The van der Waals surface area contributed by atoms with Gasteiger partial charge in [-0.05, 0) is 55.2 Å². The van der Waals surface area contributed by atoms with Gasteiger partial charge in [-0.25, -0.2) is 9.07 Å².